The molecule has 3 aromatic carbocycles. The molecule has 2 unspecified atom stereocenters. The summed E-state index contributed by atoms with van der Waals surface area (Å²) in [6.07, 6.45) is -0.793. The Kier molecular flexibility index (Phi) is 6.38. The number of esters is 1. The highest BCUT2D eigenvalue weighted by Crippen LogP contribution is 2.40. The molecule has 0 fully saturated rings. The van der Waals surface area contributed by atoms with Crippen LogP contribution in [-0.2, 0) is 9.53 Å². The number of aliphatic hydroxyl groups excluding tert-OH is 1. The van der Waals surface area contributed by atoms with Crippen molar-refractivity contribution >= 4 is 11.8 Å². The predicted octanol–water partition coefficient (Wildman–Crippen LogP) is 4.31. The molecule has 1 heterocycles. The van der Waals surface area contributed by atoms with E-state index in [-0.39, 0.29) is 17.3 Å². The van der Waals surface area contributed by atoms with E-state index < -0.39 is 17.8 Å². The summed E-state index contributed by atoms with van der Waals surface area (Å²) >= 11 is 0. The second kappa shape index (κ2) is 9.55. The Morgan fingerprint density at radius 1 is 1.12 bits per heavy atom. The highest BCUT2D eigenvalue weighted by atomic mass is 16.5. The number of ketones is 1. The van der Waals surface area contributed by atoms with E-state index in [0.717, 1.165) is 0 Å². The van der Waals surface area contributed by atoms with Gasteiger partial charge in [0.2, 0.25) is 0 Å². The number of carbonyl (C=O) groups is 2. The van der Waals surface area contributed by atoms with Crippen molar-refractivity contribution in [2.45, 2.75) is 18.4 Å². The molecular weight excluding hydrogens is 422 g/mol. The molecule has 1 aliphatic heterocycles. The summed E-state index contributed by atoms with van der Waals surface area (Å²) in [6, 6.07) is 20.2. The van der Waals surface area contributed by atoms with E-state index in [0.29, 0.717) is 41.2 Å². The minimum absolute atomic E-state index is 0.243. The number of Topliss-reactive ketones (excluding diaryl/α,β-unsaturated/α-hetero) is 1. The predicted molar refractivity (Wildman–Crippen MR) is 118 cm³/mol. The van der Waals surface area contributed by atoms with Crippen LogP contribution in [0.1, 0.15) is 45.5 Å². The number of aliphatic hydroxyl groups is 1. The number of nitriles is 1. The summed E-state index contributed by atoms with van der Waals surface area (Å²) in [4.78, 5) is 24.7. The van der Waals surface area contributed by atoms with Gasteiger partial charge < -0.3 is 19.3 Å². The number of nitrogens with zero attached hydrogens (tertiary/aromatic N) is 1. The third-order valence-electron chi connectivity index (χ3n) is 5.49. The second-order valence-electron chi connectivity index (χ2n) is 7.51. The van der Waals surface area contributed by atoms with Crippen molar-refractivity contribution in [1.29, 1.82) is 5.26 Å². The van der Waals surface area contributed by atoms with Crippen LogP contribution >= 0.6 is 0 Å². The molecule has 0 aromatic heterocycles. The fourth-order valence-corrected chi connectivity index (χ4v) is 3.74. The molecule has 2 atom stereocenters. The highest BCUT2D eigenvalue weighted by Gasteiger charge is 2.30. The monoisotopic (exact) mass is 443 g/mol. The quantitative estimate of drug-likeness (QED) is 0.447. The van der Waals surface area contributed by atoms with E-state index in [2.05, 4.69) is 6.07 Å². The summed E-state index contributed by atoms with van der Waals surface area (Å²) in [6.45, 7) is 0.346. The maximum absolute atomic E-state index is 12.6. The molecule has 166 valence electrons. The molecule has 0 bridgehead atoms. The number of methoxy groups -OCH3 is 1. The Balaban J connectivity index is 1.55. The number of rotatable bonds is 6. The van der Waals surface area contributed by atoms with E-state index in [4.69, 9.17) is 14.2 Å². The molecule has 0 radical (unpaired) electrons. The third-order valence-corrected chi connectivity index (χ3v) is 5.49. The number of carbonyl (C=O) groups excluding carboxylic acids is 2. The van der Waals surface area contributed by atoms with Crippen LogP contribution in [0.2, 0.25) is 0 Å². The SMILES string of the molecule is COC(=O)C1CCOc2cc(Oc3ccc(C(=O)C(O)c4ccccc4)cc3)c(C#N)cc21. The van der Waals surface area contributed by atoms with E-state index in [1.807, 2.05) is 6.07 Å². The van der Waals surface area contributed by atoms with E-state index >= 15 is 0 Å². The van der Waals surface area contributed by atoms with Crippen LogP contribution in [-0.4, -0.2) is 30.6 Å². The first-order chi connectivity index (χ1) is 16.0. The molecule has 0 saturated heterocycles. The summed E-state index contributed by atoms with van der Waals surface area (Å²) in [5.41, 5.74) is 1.68. The minimum Gasteiger partial charge on any atom is -0.493 e. The molecule has 3 aromatic rings. The Labute approximate surface area is 190 Å². The van der Waals surface area contributed by atoms with Crippen molar-refractivity contribution in [1.82, 2.24) is 0 Å². The van der Waals surface area contributed by atoms with E-state index in [9.17, 15) is 20.0 Å². The topological polar surface area (TPSA) is 106 Å². The average molecular weight is 443 g/mol. The molecule has 4 rings (SSSR count). The first kappa shape index (κ1) is 22.1. The van der Waals surface area contributed by atoms with Gasteiger partial charge in [0.05, 0.1) is 25.2 Å². The largest absolute Gasteiger partial charge is 0.493 e. The summed E-state index contributed by atoms with van der Waals surface area (Å²) in [5.74, 6) is -0.177. The molecule has 0 spiro atoms. The van der Waals surface area contributed by atoms with Gasteiger partial charge in [-0.2, -0.15) is 5.26 Å². The van der Waals surface area contributed by atoms with Crippen LogP contribution in [0.4, 0.5) is 0 Å². The summed E-state index contributed by atoms with van der Waals surface area (Å²) in [7, 11) is 1.33. The maximum Gasteiger partial charge on any atom is 0.313 e. The lowest BCUT2D eigenvalue weighted by atomic mass is 9.91. The highest BCUT2D eigenvalue weighted by molar-refractivity contribution is 5.99. The van der Waals surface area contributed by atoms with Crippen LogP contribution in [0.5, 0.6) is 17.2 Å². The van der Waals surface area contributed by atoms with Crippen molar-refractivity contribution in [3.63, 3.8) is 0 Å². The van der Waals surface area contributed by atoms with Crippen molar-refractivity contribution in [3.05, 3.63) is 89.0 Å². The minimum atomic E-state index is -1.26. The number of fused-ring (bicyclic) bond motifs is 1. The van der Waals surface area contributed by atoms with Gasteiger partial charge in [0.1, 0.15) is 29.4 Å². The number of hydrogen-bond donors (Lipinski definition) is 1. The normalized spacial score (nSPS) is 15.4. The first-order valence-electron chi connectivity index (χ1n) is 10.4. The van der Waals surface area contributed by atoms with Crippen molar-refractivity contribution in [3.8, 4) is 23.3 Å². The Bertz CT molecular complexity index is 1210. The van der Waals surface area contributed by atoms with Gasteiger partial charge in [-0.05, 0) is 42.3 Å². The number of hydrogen-bond acceptors (Lipinski definition) is 7. The molecular formula is C26H21NO6. The zero-order valence-corrected chi connectivity index (χ0v) is 17.9. The molecule has 33 heavy (non-hydrogen) atoms. The molecule has 0 saturated carbocycles. The summed E-state index contributed by atoms with van der Waals surface area (Å²) in [5, 5.41) is 19.9. The van der Waals surface area contributed by atoms with Crippen molar-refractivity contribution < 1.29 is 28.9 Å². The van der Waals surface area contributed by atoms with Gasteiger partial charge >= 0.3 is 5.97 Å². The van der Waals surface area contributed by atoms with Crippen LogP contribution in [0.15, 0.2) is 66.7 Å². The van der Waals surface area contributed by atoms with Gasteiger partial charge in [0.15, 0.2) is 5.78 Å². The fourth-order valence-electron chi connectivity index (χ4n) is 3.74. The van der Waals surface area contributed by atoms with E-state index in [1.54, 1.807) is 60.7 Å². The van der Waals surface area contributed by atoms with E-state index in [1.165, 1.54) is 7.11 Å². The average Bonchev–Trinajstić information content (AvgIpc) is 2.87. The Hall–Kier alpha value is -4.15. The van der Waals surface area contributed by atoms with Gasteiger partial charge in [-0.1, -0.05) is 30.3 Å². The lowest BCUT2D eigenvalue weighted by Crippen LogP contribution is -2.22. The van der Waals surface area contributed by atoms with Crippen LogP contribution in [0, 0.1) is 11.3 Å². The van der Waals surface area contributed by atoms with Crippen LogP contribution in [0.25, 0.3) is 0 Å². The van der Waals surface area contributed by atoms with Gasteiger partial charge in [0, 0.05) is 17.2 Å². The van der Waals surface area contributed by atoms with Gasteiger partial charge in [-0.15, -0.1) is 0 Å². The Morgan fingerprint density at radius 2 is 1.85 bits per heavy atom. The molecule has 0 amide bonds. The van der Waals surface area contributed by atoms with Crippen LogP contribution in [0.3, 0.4) is 0 Å². The molecule has 7 nitrogen and oxygen atoms in total. The lowest BCUT2D eigenvalue weighted by molar-refractivity contribution is -0.143. The van der Waals surface area contributed by atoms with Gasteiger partial charge in [0.25, 0.3) is 0 Å². The number of benzene rings is 3. The second-order valence-corrected chi connectivity index (χ2v) is 7.51. The number of ether oxygens (including phenoxy) is 3. The molecule has 0 aliphatic carbocycles. The molecule has 1 N–H and O–H groups in total. The van der Waals surface area contributed by atoms with Crippen LogP contribution < -0.4 is 9.47 Å². The van der Waals surface area contributed by atoms with Gasteiger partial charge in [-0.3, -0.25) is 9.59 Å². The van der Waals surface area contributed by atoms with Crippen molar-refractivity contribution in [2.75, 3.05) is 13.7 Å². The Morgan fingerprint density at radius 3 is 2.52 bits per heavy atom. The van der Waals surface area contributed by atoms with Crippen molar-refractivity contribution in [2.24, 2.45) is 0 Å². The zero-order chi connectivity index (χ0) is 23.4. The standard InChI is InChI=1S/C26H21NO6/c1-31-26(30)20-11-12-32-23-14-22(18(15-27)13-21(20)23)33-19-9-7-17(8-10-19)25(29)24(28)16-5-3-2-4-6-16/h2-10,13-14,20,24,28H,11-12H2,1H3. The lowest BCUT2D eigenvalue weighted by Gasteiger charge is -2.25. The fraction of sp³-hybridized carbons (Fsp3) is 0.192. The molecule has 1 aliphatic rings. The maximum atomic E-state index is 12.6. The third kappa shape index (κ3) is 4.56. The molecule has 7 heteroatoms. The first-order valence-corrected chi connectivity index (χ1v) is 10.4. The van der Waals surface area contributed by atoms with Gasteiger partial charge in [-0.25, -0.2) is 0 Å². The smallest absolute Gasteiger partial charge is 0.313 e. The zero-order valence-electron chi connectivity index (χ0n) is 17.9. The summed E-state index contributed by atoms with van der Waals surface area (Å²) < 4.78 is 16.4.